The highest BCUT2D eigenvalue weighted by atomic mass is 19.4. The maximum absolute atomic E-state index is 13.3. The van der Waals surface area contributed by atoms with Crippen LogP contribution < -0.4 is 10.5 Å². The summed E-state index contributed by atoms with van der Waals surface area (Å²) in [5.74, 6) is 0.939. The molecule has 0 unspecified atom stereocenters. The Labute approximate surface area is 226 Å². The van der Waals surface area contributed by atoms with E-state index < -0.39 is 23.5 Å². The first-order valence-corrected chi connectivity index (χ1v) is 12.0. The molecule has 2 nitrogen and oxygen atoms in total. The Morgan fingerprint density at radius 2 is 1.10 bits per heavy atom. The van der Waals surface area contributed by atoms with E-state index in [0.717, 1.165) is 39.6 Å². The van der Waals surface area contributed by atoms with Crippen molar-refractivity contribution in [2.75, 3.05) is 5.73 Å². The third kappa shape index (κ3) is 5.66. The highest BCUT2D eigenvalue weighted by molar-refractivity contribution is 5.90. The minimum absolute atomic E-state index is 0.122. The number of fused-ring (bicyclic) bond motifs is 1. The van der Waals surface area contributed by atoms with Crippen LogP contribution in [0.15, 0.2) is 110 Å². The van der Waals surface area contributed by atoms with E-state index in [4.69, 9.17) is 10.5 Å². The van der Waals surface area contributed by atoms with Crippen molar-refractivity contribution in [1.82, 2.24) is 0 Å². The van der Waals surface area contributed by atoms with Crippen molar-refractivity contribution < 1.29 is 31.1 Å². The number of anilines is 1. The molecule has 0 heterocycles. The lowest BCUT2D eigenvalue weighted by Gasteiger charge is -2.15. The largest absolute Gasteiger partial charge is 0.455 e. The van der Waals surface area contributed by atoms with E-state index in [0.29, 0.717) is 17.2 Å². The summed E-state index contributed by atoms with van der Waals surface area (Å²) in [6, 6.07) is 26.5. The number of halogens is 6. The van der Waals surface area contributed by atoms with Crippen LogP contribution in [-0.2, 0) is 12.4 Å². The lowest BCUT2D eigenvalue weighted by molar-refractivity contribution is -0.143. The topological polar surface area (TPSA) is 35.2 Å². The van der Waals surface area contributed by atoms with Crippen molar-refractivity contribution in [1.29, 1.82) is 0 Å². The smallest absolute Gasteiger partial charge is 0.416 e. The molecule has 0 aliphatic carbocycles. The molecular weight excluding hydrogens is 528 g/mol. The van der Waals surface area contributed by atoms with Crippen LogP contribution in [0.25, 0.3) is 38.8 Å². The van der Waals surface area contributed by atoms with Crippen molar-refractivity contribution in [2.24, 2.45) is 0 Å². The van der Waals surface area contributed by atoms with E-state index in [2.05, 4.69) is 6.58 Å². The molecule has 0 radical (unpaired) electrons. The molecule has 0 aliphatic rings. The van der Waals surface area contributed by atoms with Gasteiger partial charge < -0.3 is 10.5 Å². The van der Waals surface area contributed by atoms with Gasteiger partial charge in [-0.3, -0.25) is 0 Å². The molecule has 0 aliphatic heterocycles. The van der Waals surface area contributed by atoms with Crippen molar-refractivity contribution in [3.05, 3.63) is 126 Å². The summed E-state index contributed by atoms with van der Waals surface area (Å²) in [6.07, 6.45) is -9.82. The monoisotopic (exact) mass is 549 g/mol. The lowest BCUT2D eigenvalue weighted by atomic mass is 9.96. The number of nitrogens with two attached hydrogens (primary N) is 1. The molecule has 5 aromatic rings. The van der Waals surface area contributed by atoms with E-state index in [9.17, 15) is 26.3 Å². The van der Waals surface area contributed by atoms with Crippen molar-refractivity contribution in [2.45, 2.75) is 12.4 Å². The summed E-state index contributed by atoms with van der Waals surface area (Å²) in [4.78, 5) is 0. The molecule has 5 rings (SSSR count). The zero-order valence-corrected chi connectivity index (χ0v) is 20.8. The van der Waals surface area contributed by atoms with Crippen molar-refractivity contribution in [3.63, 3.8) is 0 Å². The molecule has 0 fully saturated rings. The van der Waals surface area contributed by atoms with Gasteiger partial charge >= 0.3 is 12.4 Å². The van der Waals surface area contributed by atoms with Gasteiger partial charge in [0, 0.05) is 5.56 Å². The van der Waals surface area contributed by atoms with Gasteiger partial charge in [-0.05, 0) is 75.5 Å². The lowest BCUT2D eigenvalue weighted by Crippen LogP contribution is -2.11. The zero-order valence-electron chi connectivity index (χ0n) is 20.8. The zero-order chi connectivity index (χ0) is 28.7. The second-order valence-corrected chi connectivity index (χ2v) is 9.21. The molecule has 0 amide bonds. The predicted octanol–water partition coefficient (Wildman–Crippen LogP) is 9.84. The van der Waals surface area contributed by atoms with Gasteiger partial charge in [0.25, 0.3) is 0 Å². The highest BCUT2D eigenvalue weighted by Gasteiger charge is 2.37. The van der Waals surface area contributed by atoms with Crippen molar-refractivity contribution in [3.8, 4) is 28.0 Å². The first kappa shape index (κ1) is 26.9. The number of benzene rings is 5. The Morgan fingerprint density at radius 3 is 1.70 bits per heavy atom. The number of hydrogen-bond acceptors (Lipinski definition) is 2. The van der Waals surface area contributed by atoms with Crippen molar-refractivity contribution >= 4 is 22.2 Å². The second kappa shape index (κ2) is 10.1. The van der Waals surface area contributed by atoms with E-state index in [1.165, 1.54) is 12.1 Å². The fraction of sp³-hybridized carbons (Fsp3) is 0.0625. The maximum Gasteiger partial charge on any atom is 0.416 e. The SMILES string of the molecule is C=C(Oc1ccccc1N)c1ccc2cc(-c3ccc(-c4cc(C(F)(F)F)cc(C(F)(F)F)c4)cc3)ccc2c1. The summed E-state index contributed by atoms with van der Waals surface area (Å²) in [5.41, 5.74) is 6.16. The molecule has 40 heavy (non-hydrogen) atoms. The van der Waals surface area contributed by atoms with Gasteiger partial charge in [0.05, 0.1) is 16.8 Å². The van der Waals surface area contributed by atoms with Gasteiger partial charge in [-0.15, -0.1) is 0 Å². The average molecular weight is 550 g/mol. The summed E-state index contributed by atoms with van der Waals surface area (Å²) in [5, 5.41) is 1.84. The summed E-state index contributed by atoms with van der Waals surface area (Å²) < 4.78 is 85.4. The highest BCUT2D eigenvalue weighted by Crippen LogP contribution is 2.39. The Bertz CT molecular complexity index is 1690. The minimum atomic E-state index is -4.91. The van der Waals surface area contributed by atoms with E-state index in [1.54, 1.807) is 30.3 Å². The Morgan fingerprint density at radius 1 is 0.575 bits per heavy atom. The van der Waals surface area contributed by atoms with E-state index in [1.807, 2.05) is 42.5 Å². The van der Waals surface area contributed by atoms with Crippen LogP contribution in [-0.4, -0.2) is 0 Å². The molecule has 2 N–H and O–H groups in total. The van der Waals surface area contributed by atoms with Gasteiger partial charge in [-0.25, -0.2) is 0 Å². The number of para-hydroxylation sites is 2. The third-order valence-corrected chi connectivity index (χ3v) is 6.45. The van der Waals surface area contributed by atoms with Crippen LogP contribution in [0.2, 0.25) is 0 Å². The van der Waals surface area contributed by atoms with Crippen LogP contribution >= 0.6 is 0 Å². The molecule has 0 bridgehead atoms. The van der Waals surface area contributed by atoms with Crippen LogP contribution in [0, 0.1) is 0 Å². The van der Waals surface area contributed by atoms with Gasteiger partial charge in [-0.2, -0.15) is 26.3 Å². The summed E-state index contributed by atoms with van der Waals surface area (Å²) >= 11 is 0. The molecule has 5 aromatic carbocycles. The molecule has 0 spiro atoms. The van der Waals surface area contributed by atoms with Crippen LogP contribution in [0.5, 0.6) is 5.75 Å². The molecular formula is C32H21F6NO. The number of rotatable bonds is 5. The van der Waals surface area contributed by atoms with E-state index in [-0.39, 0.29) is 17.2 Å². The van der Waals surface area contributed by atoms with Crippen LogP contribution in [0.4, 0.5) is 32.0 Å². The minimum Gasteiger partial charge on any atom is -0.455 e. The van der Waals surface area contributed by atoms with Gasteiger partial charge in [-0.1, -0.05) is 67.2 Å². The predicted molar refractivity (Wildman–Crippen MR) is 145 cm³/mol. The molecule has 0 atom stereocenters. The standard InChI is InChI=1S/C32H21F6NO/c1-19(40-30-5-3-2-4-29(30)39)22-10-11-25-15-23(12-13-24(25)14-22)20-6-8-21(9-7-20)26-16-27(31(33,34)35)18-28(17-26)32(36,37)38/h2-18H,1,39H2. The molecule has 0 aromatic heterocycles. The quantitative estimate of drug-likeness (QED) is 0.135. The number of ether oxygens (including phenoxy) is 1. The Hall–Kier alpha value is -4.72. The fourth-order valence-electron chi connectivity index (χ4n) is 4.34. The van der Waals surface area contributed by atoms with Gasteiger partial charge in [0.1, 0.15) is 11.5 Å². The summed E-state index contributed by atoms with van der Waals surface area (Å²) in [7, 11) is 0. The molecule has 0 saturated carbocycles. The average Bonchev–Trinajstić information content (AvgIpc) is 2.92. The normalized spacial score (nSPS) is 11.9. The first-order chi connectivity index (χ1) is 18.9. The number of hydrogen-bond donors (Lipinski definition) is 1. The Balaban J connectivity index is 1.41. The summed E-state index contributed by atoms with van der Waals surface area (Å²) in [6.45, 7) is 4.00. The molecule has 8 heteroatoms. The first-order valence-electron chi connectivity index (χ1n) is 12.0. The third-order valence-electron chi connectivity index (χ3n) is 6.45. The number of alkyl halides is 6. The molecule has 0 saturated heterocycles. The number of nitrogen functional groups attached to an aromatic ring is 1. The van der Waals surface area contributed by atoms with Crippen LogP contribution in [0.3, 0.4) is 0 Å². The maximum atomic E-state index is 13.3. The van der Waals surface area contributed by atoms with E-state index >= 15 is 0 Å². The Kier molecular flexibility index (Phi) is 6.79. The second-order valence-electron chi connectivity index (χ2n) is 9.21. The van der Waals surface area contributed by atoms with Gasteiger partial charge in [0.15, 0.2) is 0 Å². The fourth-order valence-corrected chi connectivity index (χ4v) is 4.34. The van der Waals surface area contributed by atoms with Gasteiger partial charge in [0.2, 0.25) is 0 Å². The van der Waals surface area contributed by atoms with Crippen LogP contribution in [0.1, 0.15) is 16.7 Å². The molecule has 202 valence electrons.